The SMILES string of the molecule is CCc1ccccc1NC(=O)CNC(=O)c1ccc(-c2nnc(-c3cccc(C)c3)o2)cc1. The van der Waals surface area contributed by atoms with E-state index >= 15 is 0 Å². The van der Waals surface area contributed by atoms with Gasteiger partial charge in [-0.25, -0.2) is 0 Å². The van der Waals surface area contributed by atoms with Crippen LogP contribution in [0.2, 0.25) is 0 Å². The molecule has 0 atom stereocenters. The highest BCUT2D eigenvalue weighted by molar-refractivity contribution is 5.99. The van der Waals surface area contributed by atoms with Crippen molar-refractivity contribution in [3.8, 4) is 22.9 Å². The molecule has 1 aromatic heterocycles. The number of nitrogens with zero attached hydrogens (tertiary/aromatic N) is 2. The second-order valence-electron chi connectivity index (χ2n) is 7.60. The summed E-state index contributed by atoms with van der Waals surface area (Å²) in [5.74, 6) is 0.181. The second kappa shape index (κ2) is 9.91. The van der Waals surface area contributed by atoms with Crippen molar-refractivity contribution < 1.29 is 14.0 Å². The first kappa shape index (κ1) is 22.0. The second-order valence-corrected chi connectivity index (χ2v) is 7.60. The molecule has 1 heterocycles. The number of aromatic nitrogens is 2. The minimum atomic E-state index is -0.341. The highest BCUT2D eigenvalue weighted by Crippen LogP contribution is 2.24. The van der Waals surface area contributed by atoms with E-state index < -0.39 is 0 Å². The summed E-state index contributed by atoms with van der Waals surface area (Å²) in [4.78, 5) is 24.7. The van der Waals surface area contributed by atoms with Crippen molar-refractivity contribution in [3.63, 3.8) is 0 Å². The fraction of sp³-hybridized carbons (Fsp3) is 0.154. The molecule has 0 unspecified atom stereocenters. The summed E-state index contributed by atoms with van der Waals surface area (Å²) < 4.78 is 5.79. The monoisotopic (exact) mass is 440 g/mol. The third-order valence-corrected chi connectivity index (χ3v) is 5.17. The molecule has 166 valence electrons. The molecule has 0 aliphatic rings. The molecule has 2 amide bonds. The third kappa shape index (κ3) is 5.33. The zero-order valence-corrected chi connectivity index (χ0v) is 18.5. The number of rotatable bonds is 7. The van der Waals surface area contributed by atoms with Gasteiger partial charge in [0.1, 0.15) is 0 Å². The average molecular weight is 441 g/mol. The Hall–Kier alpha value is -4.26. The van der Waals surface area contributed by atoms with Crippen LogP contribution in [0.4, 0.5) is 5.69 Å². The topological polar surface area (TPSA) is 97.1 Å². The first-order valence-corrected chi connectivity index (χ1v) is 10.7. The van der Waals surface area contributed by atoms with Gasteiger partial charge in [0.2, 0.25) is 17.7 Å². The molecular formula is C26H24N4O3. The van der Waals surface area contributed by atoms with Crippen molar-refractivity contribution in [2.45, 2.75) is 20.3 Å². The van der Waals surface area contributed by atoms with Gasteiger partial charge < -0.3 is 15.1 Å². The largest absolute Gasteiger partial charge is 0.416 e. The molecule has 0 fully saturated rings. The van der Waals surface area contributed by atoms with Crippen molar-refractivity contribution in [2.75, 3.05) is 11.9 Å². The van der Waals surface area contributed by atoms with Crippen molar-refractivity contribution >= 4 is 17.5 Å². The molecule has 0 bridgehead atoms. The molecule has 4 rings (SSSR count). The molecular weight excluding hydrogens is 416 g/mol. The molecule has 0 spiro atoms. The summed E-state index contributed by atoms with van der Waals surface area (Å²) in [6.07, 6.45) is 0.807. The van der Waals surface area contributed by atoms with Gasteiger partial charge in [0.05, 0.1) is 6.54 Å². The normalized spacial score (nSPS) is 10.6. The third-order valence-electron chi connectivity index (χ3n) is 5.17. The summed E-state index contributed by atoms with van der Waals surface area (Å²) in [6.45, 7) is 3.90. The van der Waals surface area contributed by atoms with Gasteiger partial charge >= 0.3 is 0 Å². The van der Waals surface area contributed by atoms with Crippen LogP contribution < -0.4 is 10.6 Å². The Labute approximate surface area is 191 Å². The molecule has 0 radical (unpaired) electrons. The number of carbonyl (C=O) groups excluding carboxylic acids is 2. The van der Waals surface area contributed by atoms with Crippen LogP contribution >= 0.6 is 0 Å². The van der Waals surface area contributed by atoms with E-state index in [2.05, 4.69) is 20.8 Å². The maximum Gasteiger partial charge on any atom is 0.251 e. The van der Waals surface area contributed by atoms with E-state index in [-0.39, 0.29) is 18.4 Å². The number of aryl methyl sites for hydroxylation is 2. The number of benzene rings is 3. The molecule has 0 aliphatic heterocycles. The lowest BCUT2D eigenvalue weighted by Crippen LogP contribution is -2.33. The van der Waals surface area contributed by atoms with E-state index in [0.717, 1.165) is 28.8 Å². The Morgan fingerprint density at radius 1 is 0.879 bits per heavy atom. The van der Waals surface area contributed by atoms with Gasteiger partial charge in [-0.2, -0.15) is 0 Å². The van der Waals surface area contributed by atoms with Crippen LogP contribution in [0.5, 0.6) is 0 Å². The summed E-state index contributed by atoms with van der Waals surface area (Å²) in [5.41, 5.74) is 4.88. The van der Waals surface area contributed by atoms with E-state index in [9.17, 15) is 9.59 Å². The maximum absolute atomic E-state index is 12.5. The molecule has 4 aromatic rings. The number of hydrogen-bond acceptors (Lipinski definition) is 5. The van der Waals surface area contributed by atoms with E-state index in [1.54, 1.807) is 24.3 Å². The van der Waals surface area contributed by atoms with Crippen LogP contribution in [-0.2, 0) is 11.2 Å². The number of para-hydroxylation sites is 1. The van der Waals surface area contributed by atoms with Crippen molar-refractivity contribution in [3.05, 3.63) is 89.5 Å². The van der Waals surface area contributed by atoms with E-state index in [4.69, 9.17) is 4.42 Å². The summed E-state index contributed by atoms with van der Waals surface area (Å²) in [6, 6.07) is 22.2. The first-order chi connectivity index (χ1) is 16.0. The van der Waals surface area contributed by atoms with Gasteiger partial charge in [0.25, 0.3) is 5.91 Å². The summed E-state index contributed by atoms with van der Waals surface area (Å²) in [5, 5.41) is 13.7. The predicted molar refractivity (Wildman–Crippen MR) is 127 cm³/mol. The van der Waals surface area contributed by atoms with Crippen molar-refractivity contribution in [2.24, 2.45) is 0 Å². The van der Waals surface area contributed by atoms with Crippen LogP contribution in [-0.4, -0.2) is 28.6 Å². The van der Waals surface area contributed by atoms with Crippen LogP contribution in [0.1, 0.15) is 28.4 Å². The van der Waals surface area contributed by atoms with E-state index in [1.807, 2.05) is 62.4 Å². The lowest BCUT2D eigenvalue weighted by atomic mass is 10.1. The minimum Gasteiger partial charge on any atom is -0.416 e. The van der Waals surface area contributed by atoms with Gasteiger partial charge in [-0.05, 0) is 61.4 Å². The van der Waals surface area contributed by atoms with Crippen LogP contribution in [0, 0.1) is 6.92 Å². The van der Waals surface area contributed by atoms with E-state index in [0.29, 0.717) is 22.9 Å². The van der Waals surface area contributed by atoms with Gasteiger partial charge in [0.15, 0.2) is 0 Å². The Bertz CT molecular complexity index is 1280. The van der Waals surface area contributed by atoms with Crippen LogP contribution in [0.25, 0.3) is 22.9 Å². The Morgan fingerprint density at radius 3 is 2.33 bits per heavy atom. The molecule has 7 heteroatoms. The van der Waals surface area contributed by atoms with Crippen molar-refractivity contribution in [1.82, 2.24) is 15.5 Å². The first-order valence-electron chi connectivity index (χ1n) is 10.7. The number of hydrogen-bond donors (Lipinski definition) is 2. The standard InChI is InChI=1S/C26H24N4O3/c1-3-18-8-4-5-10-22(18)28-23(31)16-27-24(32)19-11-13-20(14-12-19)25-29-30-26(33-25)21-9-6-7-17(2)15-21/h4-15H,3,16H2,1-2H3,(H,27,32)(H,28,31). The number of anilines is 1. The van der Waals surface area contributed by atoms with Gasteiger partial charge in [-0.1, -0.05) is 42.8 Å². The smallest absolute Gasteiger partial charge is 0.251 e. The number of nitrogens with one attached hydrogen (secondary N) is 2. The Morgan fingerprint density at radius 2 is 1.61 bits per heavy atom. The highest BCUT2D eigenvalue weighted by atomic mass is 16.4. The minimum absolute atomic E-state index is 0.123. The number of carbonyl (C=O) groups is 2. The molecule has 0 saturated carbocycles. The molecule has 7 nitrogen and oxygen atoms in total. The fourth-order valence-corrected chi connectivity index (χ4v) is 3.41. The van der Waals surface area contributed by atoms with Crippen LogP contribution in [0.3, 0.4) is 0 Å². The zero-order valence-electron chi connectivity index (χ0n) is 18.5. The molecule has 0 saturated heterocycles. The Balaban J connectivity index is 1.36. The molecule has 0 aliphatic carbocycles. The zero-order chi connectivity index (χ0) is 23.2. The lowest BCUT2D eigenvalue weighted by Gasteiger charge is -2.10. The maximum atomic E-state index is 12.5. The van der Waals surface area contributed by atoms with Gasteiger partial charge in [-0.15, -0.1) is 10.2 Å². The highest BCUT2D eigenvalue weighted by Gasteiger charge is 2.13. The number of amides is 2. The fourth-order valence-electron chi connectivity index (χ4n) is 3.41. The summed E-state index contributed by atoms with van der Waals surface area (Å²) >= 11 is 0. The molecule has 33 heavy (non-hydrogen) atoms. The van der Waals surface area contributed by atoms with E-state index in [1.165, 1.54) is 0 Å². The predicted octanol–water partition coefficient (Wildman–Crippen LogP) is 4.64. The average Bonchev–Trinajstić information content (AvgIpc) is 3.33. The molecule has 3 aromatic carbocycles. The van der Waals surface area contributed by atoms with Gasteiger partial charge in [0, 0.05) is 22.4 Å². The Kier molecular flexibility index (Phi) is 6.59. The summed E-state index contributed by atoms with van der Waals surface area (Å²) in [7, 11) is 0. The van der Waals surface area contributed by atoms with Gasteiger partial charge in [-0.3, -0.25) is 9.59 Å². The lowest BCUT2D eigenvalue weighted by molar-refractivity contribution is -0.115. The van der Waals surface area contributed by atoms with Crippen LogP contribution in [0.15, 0.2) is 77.2 Å². The molecule has 2 N–H and O–H groups in total. The quantitative estimate of drug-likeness (QED) is 0.436. The van der Waals surface area contributed by atoms with Crippen molar-refractivity contribution in [1.29, 1.82) is 0 Å².